The number of ether oxygens (including phenoxy) is 2. The third kappa shape index (κ3) is 4.31. The Morgan fingerprint density at radius 3 is 2.86 bits per heavy atom. The lowest BCUT2D eigenvalue weighted by Gasteiger charge is -2.18. The molecule has 0 bridgehead atoms. The molecule has 1 aliphatic heterocycles. The topological polar surface area (TPSA) is 89.0 Å². The molecule has 0 spiro atoms. The monoisotopic (exact) mass is 381 g/mol. The maximum atomic E-state index is 12.3. The number of fused-ring (bicyclic) bond motifs is 1. The van der Waals surface area contributed by atoms with Crippen LogP contribution in [0.3, 0.4) is 0 Å². The van der Waals surface area contributed by atoms with Crippen LogP contribution in [0.2, 0.25) is 0 Å². The second-order valence-electron chi connectivity index (χ2n) is 6.68. The molecule has 7 heteroatoms. The fourth-order valence-corrected chi connectivity index (χ4v) is 2.70. The number of hydrogen-bond donors (Lipinski definition) is 2. The van der Waals surface area contributed by atoms with E-state index < -0.39 is 6.10 Å². The van der Waals surface area contributed by atoms with E-state index in [0.29, 0.717) is 22.9 Å². The third-order valence-electron chi connectivity index (χ3n) is 4.59. The van der Waals surface area contributed by atoms with Crippen molar-refractivity contribution in [2.75, 3.05) is 11.9 Å². The number of nitrogens with zero attached hydrogens (tertiary/aromatic N) is 1. The summed E-state index contributed by atoms with van der Waals surface area (Å²) in [6, 6.07) is 11.1. The van der Waals surface area contributed by atoms with E-state index >= 15 is 0 Å². The Kier molecular flexibility index (Phi) is 5.63. The maximum absolute atomic E-state index is 12.3. The number of benzene rings is 2. The summed E-state index contributed by atoms with van der Waals surface area (Å²) in [5.41, 5.74) is 6.56. The van der Waals surface area contributed by atoms with Gasteiger partial charge in [0.15, 0.2) is 12.7 Å². The number of hydrogen-bond acceptors (Lipinski definition) is 5. The molecule has 0 radical (unpaired) electrons. The minimum absolute atomic E-state index is 0.00772. The second kappa shape index (κ2) is 8.12. The fourth-order valence-electron chi connectivity index (χ4n) is 2.70. The number of rotatable bonds is 5. The molecule has 7 nitrogen and oxygen atoms in total. The van der Waals surface area contributed by atoms with E-state index in [1.54, 1.807) is 26.0 Å². The summed E-state index contributed by atoms with van der Waals surface area (Å²) in [6.07, 6.45) is -0.701. The summed E-state index contributed by atoms with van der Waals surface area (Å²) in [4.78, 5) is 23.8. The third-order valence-corrected chi connectivity index (χ3v) is 4.59. The van der Waals surface area contributed by atoms with E-state index in [9.17, 15) is 9.59 Å². The quantitative estimate of drug-likeness (QED) is 0.616. The normalized spacial score (nSPS) is 14.4. The molecule has 3 rings (SSSR count). The molecule has 2 aromatic carbocycles. The molecule has 2 amide bonds. The van der Waals surface area contributed by atoms with Crippen molar-refractivity contribution in [3.63, 3.8) is 0 Å². The molecule has 146 valence electrons. The summed E-state index contributed by atoms with van der Waals surface area (Å²) in [5, 5.41) is 6.90. The van der Waals surface area contributed by atoms with Gasteiger partial charge in [-0.25, -0.2) is 5.43 Å². The smallest absolute Gasteiger partial charge is 0.280 e. The Labute approximate surface area is 163 Å². The van der Waals surface area contributed by atoms with E-state index in [1.165, 1.54) is 0 Å². The molecule has 0 fully saturated rings. The van der Waals surface area contributed by atoms with Gasteiger partial charge in [-0.05, 0) is 68.7 Å². The molecule has 1 unspecified atom stereocenters. The minimum Gasteiger partial charge on any atom is -0.482 e. The summed E-state index contributed by atoms with van der Waals surface area (Å²) in [7, 11) is 0. The zero-order chi connectivity index (χ0) is 20.3. The summed E-state index contributed by atoms with van der Waals surface area (Å²) < 4.78 is 11.1. The predicted octanol–water partition coefficient (Wildman–Crippen LogP) is 2.94. The molecule has 2 aromatic rings. The highest BCUT2D eigenvalue weighted by atomic mass is 16.5. The van der Waals surface area contributed by atoms with Gasteiger partial charge in [0.1, 0.15) is 11.5 Å². The lowest BCUT2D eigenvalue weighted by molar-refractivity contribution is -0.127. The number of anilines is 1. The van der Waals surface area contributed by atoms with E-state index in [1.807, 2.05) is 38.1 Å². The van der Waals surface area contributed by atoms with Gasteiger partial charge in [0.25, 0.3) is 11.8 Å². The van der Waals surface area contributed by atoms with Crippen molar-refractivity contribution in [2.45, 2.75) is 33.8 Å². The Morgan fingerprint density at radius 2 is 2.07 bits per heavy atom. The largest absolute Gasteiger partial charge is 0.482 e. The standard InChI is InChI=1S/C21H23N3O4/c1-12-6-5-7-18(13(12)2)28-15(4)21(26)24-23-14(3)16-8-9-19-17(10-16)22-20(25)11-27-19/h5-10,15H,11H2,1-4H3,(H,22,25)(H,24,26). The molecule has 1 atom stereocenters. The molecule has 0 aromatic heterocycles. The first kappa shape index (κ1) is 19.4. The number of carbonyl (C=O) groups excluding carboxylic acids is 2. The molecular formula is C21H23N3O4. The minimum atomic E-state index is -0.701. The maximum Gasteiger partial charge on any atom is 0.280 e. The van der Waals surface area contributed by atoms with Gasteiger partial charge in [0, 0.05) is 0 Å². The van der Waals surface area contributed by atoms with E-state index in [4.69, 9.17) is 9.47 Å². The zero-order valence-electron chi connectivity index (χ0n) is 16.3. The highest BCUT2D eigenvalue weighted by Crippen LogP contribution is 2.28. The average molecular weight is 381 g/mol. The first-order chi connectivity index (χ1) is 13.3. The van der Waals surface area contributed by atoms with Crippen molar-refractivity contribution in [1.29, 1.82) is 0 Å². The van der Waals surface area contributed by atoms with Gasteiger partial charge in [-0.15, -0.1) is 0 Å². The van der Waals surface area contributed by atoms with Crippen molar-refractivity contribution in [1.82, 2.24) is 5.43 Å². The first-order valence-electron chi connectivity index (χ1n) is 8.99. The van der Waals surface area contributed by atoms with Crippen molar-refractivity contribution in [2.24, 2.45) is 5.10 Å². The Bertz CT molecular complexity index is 953. The van der Waals surface area contributed by atoms with Crippen LogP contribution in [0.5, 0.6) is 11.5 Å². The molecule has 28 heavy (non-hydrogen) atoms. The van der Waals surface area contributed by atoms with E-state index in [-0.39, 0.29) is 18.4 Å². The lowest BCUT2D eigenvalue weighted by Crippen LogP contribution is -2.34. The average Bonchev–Trinajstić information content (AvgIpc) is 2.68. The molecule has 0 saturated carbocycles. The van der Waals surface area contributed by atoms with Crippen LogP contribution in [0.15, 0.2) is 41.5 Å². The Morgan fingerprint density at radius 1 is 1.29 bits per heavy atom. The highest BCUT2D eigenvalue weighted by molar-refractivity contribution is 6.02. The fraction of sp³-hybridized carbons (Fsp3) is 0.286. The van der Waals surface area contributed by atoms with Gasteiger partial charge >= 0.3 is 0 Å². The Balaban J connectivity index is 1.65. The highest BCUT2D eigenvalue weighted by Gasteiger charge is 2.18. The first-order valence-corrected chi connectivity index (χ1v) is 8.99. The predicted molar refractivity (Wildman–Crippen MR) is 107 cm³/mol. The summed E-state index contributed by atoms with van der Waals surface area (Å²) in [5.74, 6) is 0.726. The molecule has 2 N–H and O–H groups in total. The molecule has 1 aliphatic rings. The zero-order valence-corrected chi connectivity index (χ0v) is 16.3. The lowest BCUT2D eigenvalue weighted by atomic mass is 10.1. The summed E-state index contributed by atoms with van der Waals surface area (Å²) >= 11 is 0. The van der Waals surface area contributed by atoms with Gasteiger partial charge in [-0.1, -0.05) is 12.1 Å². The molecule has 0 aliphatic carbocycles. The van der Waals surface area contributed by atoms with E-state index in [0.717, 1.165) is 16.7 Å². The van der Waals surface area contributed by atoms with Crippen LogP contribution >= 0.6 is 0 Å². The van der Waals surface area contributed by atoms with Crippen molar-refractivity contribution in [3.8, 4) is 11.5 Å². The molecular weight excluding hydrogens is 358 g/mol. The van der Waals surface area contributed by atoms with Crippen molar-refractivity contribution < 1.29 is 19.1 Å². The van der Waals surface area contributed by atoms with Crippen LogP contribution in [0, 0.1) is 13.8 Å². The van der Waals surface area contributed by atoms with Gasteiger partial charge < -0.3 is 14.8 Å². The molecule has 1 heterocycles. The van der Waals surface area contributed by atoms with Gasteiger partial charge in [-0.2, -0.15) is 5.10 Å². The number of amides is 2. The second-order valence-corrected chi connectivity index (χ2v) is 6.68. The number of hydrazone groups is 1. The number of carbonyl (C=O) groups is 2. The van der Waals surface area contributed by atoms with Crippen LogP contribution in [-0.2, 0) is 9.59 Å². The molecule has 0 saturated heterocycles. The van der Waals surface area contributed by atoms with Crippen LogP contribution < -0.4 is 20.2 Å². The van der Waals surface area contributed by atoms with Crippen LogP contribution in [0.25, 0.3) is 0 Å². The van der Waals surface area contributed by atoms with Crippen LogP contribution in [0.4, 0.5) is 5.69 Å². The van der Waals surface area contributed by atoms with Crippen LogP contribution in [0.1, 0.15) is 30.5 Å². The van der Waals surface area contributed by atoms with Crippen molar-refractivity contribution in [3.05, 3.63) is 53.1 Å². The van der Waals surface area contributed by atoms with Gasteiger partial charge in [-0.3, -0.25) is 9.59 Å². The van der Waals surface area contributed by atoms with Gasteiger partial charge in [0.2, 0.25) is 0 Å². The van der Waals surface area contributed by atoms with E-state index in [2.05, 4.69) is 15.8 Å². The number of nitrogens with one attached hydrogen (secondary N) is 2. The Hall–Kier alpha value is -3.35. The number of aryl methyl sites for hydroxylation is 1. The SMILES string of the molecule is CC(=NNC(=O)C(C)Oc1cccc(C)c1C)c1ccc2c(c1)NC(=O)CO2. The van der Waals surface area contributed by atoms with Gasteiger partial charge in [0.05, 0.1) is 11.4 Å². The summed E-state index contributed by atoms with van der Waals surface area (Å²) in [6.45, 7) is 7.40. The van der Waals surface area contributed by atoms with Crippen LogP contribution in [-0.4, -0.2) is 30.2 Å². The van der Waals surface area contributed by atoms with Crippen molar-refractivity contribution >= 4 is 23.2 Å².